The minimum absolute atomic E-state index is 0.0562. The smallest absolute Gasteiger partial charge is 0.268 e. The van der Waals surface area contributed by atoms with Gasteiger partial charge in [-0.25, -0.2) is 8.78 Å². The van der Waals surface area contributed by atoms with Crippen LogP contribution in [0.2, 0.25) is 0 Å². The highest BCUT2D eigenvalue weighted by molar-refractivity contribution is 14.1. The predicted octanol–water partition coefficient (Wildman–Crippen LogP) is 1.93. The van der Waals surface area contributed by atoms with Crippen LogP contribution in [-0.2, 0) is 0 Å². The Kier molecular flexibility index (Phi) is 3.23. The Bertz CT molecular complexity index is 364. The first-order chi connectivity index (χ1) is 6.07. The maximum atomic E-state index is 12.3. The van der Waals surface area contributed by atoms with Gasteiger partial charge in [-0.2, -0.15) is 0 Å². The van der Waals surface area contributed by atoms with Crippen LogP contribution in [0.1, 0.15) is 12.0 Å². The van der Waals surface area contributed by atoms with Crippen LogP contribution in [0.15, 0.2) is 11.0 Å². The first-order valence-electron chi connectivity index (χ1n) is 3.31. The number of alkyl halides is 2. The number of ether oxygens (including phenoxy) is 1. The van der Waals surface area contributed by atoms with Gasteiger partial charge in [0.2, 0.25) is 0 Å². The van der Waals surface area contributed by atoms with Crippen LogP contribution in [0, 0.1) is 3.57 Å². The van der Waals surface area contributed by atoms with Crippen LogP contribution in [0.3, 0.4) is 0 Å². The van der Waals surface area contributed by atoms with Gasteiger partial charge in [0.1, 0.15) is 9.32 Å². The Balaban J connectivity index is 3.38. The molecule has 0 saturated carbocycles. The molecule has 0 unspecified atom stereocenters. The van der Waals surface area contributed by atoms with Crippen LogP contribution < -0.4 is 10.3 Å². The van der Waals surface area contributed by atoms with Gasteiger partial charge in [0, 0.05) is 6.20 Å². The van der Waals surface area contributed by atoms with Crippen LogP contribution in [0.25, 0.3) is 0 Å². The van der Waals surface area contributed by atoms with E-state index in [-0.39, 0.29) is 14.9 Å². The monoisotopic (exact) mass is 301 g/mol. The molecule has 0 saturated heterocycles. The van der Waals surface area contributed by atoms with E-state index >= 15 is 0 Å². The topological polar surface area (TPSA) is 42.1 Å². The van der Waals surface area contributed by atoms with Gasteiger partial charge in [-0.3, -0.25) is 4.79 Å². The van der Waals surface area contributed by atoms with Crippen molar-refractivity contribution in [3.05, 3.63) is 25.7 Å². The molecule has 1 aromatic heterocycles. The Hall–Kier alpha value is -0.660. The molecule has 0 amide bonds. The highest BCUT2D eigenvalue weighted by Crippen LogP contribution is 2.29. The number of methoxy groups -OCH3 is 1. The Morgan fingerprint density at radius 2 is 2.23 bits per heavy atom. The van der Waals surface area contributed by atoms with Crippen LogP contribution in [0.4, 0.5) is 8.78 Å². The lowest BCUT2D eigenvalue weighted by molar-refractivity contribution is 0.146. The van der Waals surface area contributed by atoms with E-state index < -0.39 is 12.0 Å². The molecule has 72 valence electrons. The van der Waals surface area contributed by atoms with Crippen molar-refractivity contribution in [2.24, 2.45) is 0 Å². The molecule has 1 rings (SSSR count). The summed E-state index contributed by atoms with van der Waals surface area (Å²) in [6.07, 6.45) is -1.69. The molecule has 6 heteroatoms. The quantitative estimate of drug-likeness (QED) is 0.848. The molecule has 13 heavy (non-hydrogen) atoms. The van der Waals surface area contributed by atoms with Crippen molar-refractivity contribution in [2.75, 3.05) is 7.11 Å². The zero-order valence-electron chi connectivity index (χ0n) is 6.61. The fourth-order valence-electron chi connectivity index (χ4n) is 0.872. The second-order valence-corrected chi connectivity index (χ2v) is 3.30. The maximum absolute atomic E-state index is 12.3. The van der Waals surface area contributed by atoms with Crippen molar-refractivity contribution in [2.45, 2.75) is 6.43 Å². The van der Waals surface area contributed by atoms with Gasteiger partial charge >= 0.3 is 0 Å². The summed E-state index contributed by atoms with van der Waals surface area (Å²) < 4.78 is 29.5. The number of aromatic amines is 1. The molecule has 0 bridgehead atoms. The molecular formula is C7H6F2INO2. The molecular weight excluding hydrogens is 295 g/mol. The molecule has 1 aromatic rings. The van der Waals surface area contributed by atoms with E-state index in [9.17, 15) is 13.6 Å². The predicted molar refractivity (Wildman–Crippen MR) is 51.3 cm³/mol. The minimum atomic E-state index is -2.65. The minimum Gasteiger partial charge on any atom is -0.495 e. The van der Waals surface area contributed by atoms with Crippen molar-refractivity contribution in [3.8, 4) is 5.75 Å². The summed E-state index contributed by atoms with van der Waals surface area (Å²) in [6, 6.07) is 0. The van der Waals surface area contributed by atoms with Crippen molar-refractivity contribution < 1.29 is 13.5 Å². The zero-order valence-corrected chi connectivity index (χ0v) is 8.76. The number of hydrogen-bond donors (Lipinski definition) is 1. The average molecular weight is 301 g/mol. The average Bonchev–Trinajstić information content (AvgIpc) is 2.09. The molecule has 0 spiro atoms. The second-order valence-electron chi connectivity index (χ2n) is 2.22. The normalized spacial score (nSPS) is 10.5. The maximum Gasteiger partial charge on any atom is 0.268 e. The first kappa shape index (κ1) is 10.4. The fourth-order valence-corrected chi connectivity index (χ4v) is 1.56. The van der Waals surface area contributed by atoms with Gasteiger partial charge in [0.15, 0.2) is 0 Å². The van der Waals surface area contributed by atoms with Crippen LogP contribution in [-0.4, -0.2) is 12.1 Å². The number of nitrogens with one attached hydrogen (secondary N) is 1. The van der Waals surface area contributed by atoms with Gasteiger partial charge in [-0.15, -0.1) is 0 Å². The fraction of sp³-hybridized carbons (Fsp3) is 0.286. The summed E-state index contributed by atoms with van der Waals surface area (Å²) in [6.45, 7) is 0. The molecule has 0 aliphatic rings. The summed E-state index contributed by atoms with van der Waals surface area (Å²) in [5.41, 5.74) is -0.728. The van der Waals surface area contributed by atoms with E-state index in [1.807, 2.05) is 0 Å². The molecule has 0 fully saturated rings. The van der Waals surface area contributed by atoms with Gasteiger partial charge in [0.05, 0.1) is 12.7 Å². The van der Waals surface area contributed by atoms with Crippen molar-refractivity contribution in [1.29, 1.82) is 0 Å². The number of pyridine rings is 1. The summed E-state index contributed by atoms with van der Waals surface area (Å²) in [7, 11) is 1.25. The van der Waals surface area contributed by atoms with Gasteiger partial charge < -0.3 is 9.72 Å². The van der Waals surface area contributed by atoms with E-state index in [4.69, 9.17) is 4.74 Å². The number of hydrogen-bond acceptors (Lipinski definition) is 2. The van der Waals surface area contributed by atoms with Gasteiger partial charge in [-0.1, -0.05) is 0 Å². The molecule has 0 aliphatic carbocycles. The molecule has 0 aromatic carbocycles. The molecule has 0 radical (unpaired) electrons. The lowest BCUT2D eigenvalue weighted by Crippen LogP contribution is -2.12. The lowest BCUT2D eigenvalue weighted by Gasteiger charge is -2.07. The van der Waals surface area contributed by atoms with E-state index in [0.717, 1.165) is 6.20 Å². The Morgan fingerprint density at radius 1 is 1.62 bits per heavy atom. The van der Waals surface area contributed by atoms with Gasteiger partial charge in [0.25, 0.3) is 12.0 Å². The van der Waals surface area contributed by atoms with Crippen molar-refractivity contribution >= 4 is 22.6 Å². The third-order valence-corrected chi connectivity index (χ3v) is 2.44. The molecule has 1 heterocycles. The van der Waals surface area contributed by atoms with Crippen LogP contribution in [0.5, 0.6) is 5.75 Å². The SMILES string of the molecule is COc1c(C(F)F)c[nH]c(=O)c1I. The largest absolute Gasteiger partial charge is 0.495 e. The van der Waals surface area contributed by atoms with Crippen molar-refractivity contribution in [3.63, 3.8) is 0 Å². The first-order valence-corrected chi connectivity index (χ1v) is 4.39. The van der Waals surface area contributed by atoms with Crippen molar-refractivity contribution in [1.82, 2.24) is 4.98 Å². The summed E-state index contributed by atoms with van der Waals surface area (Å²) in [5.74, 6) is -0.0562. The zero-order chi connectivity index (χ0) is 10.0. The molecule has 0 aliphatic heterocycles. The third kappa shape index (κ3) is 1.98. The van der Waals surface area contributed by atoms with Crippen LogP contribution >= 0.6 is 22.6 Å². The van der Waals surface area contributed by atoms with Gasteiger partial charge in [-0.05, 0) is 22.6 Å². The van der Waals surface area contributed by atoms with E-state index in [1.54, 1.807) is 22.6 Å². The number of H-pyrrole nitrogens is 1. The highest BCUT2D eigenvalue weighted by Gasteiger charge is 2.18. The van der Waals surface area contributed by atoms with E-state index in [1.165, 1.54) is 7.11 Å². The molecule has 1 N–H and O–H groups in total. The number of aromatic nitrogens is 1. The third-order valence-electron chi connectivity index (χ3n) is 1.46. The van der Waals surface area contributed by atoms with E-state index in [2.05, 4.69) is 4.98 Å². The highest BCUT2D eigenvalue weighted by atomic mass is 127. The Labute approximate surface area is 86.2 Å². The number of rotatable bonds is 2. The Morgan fingerprint density at radius 3 is 2.69 bits per heavy atom. The number of halogens is 3. The summed E-state index contributed by atoms with van der Waals surface area (Å²) in [4.78, 5) is 13.2. The standard InChI is InChI=1S/C7H6F2INO2/c1-13-5-3(6(8)9)2-11-7(12)4(5)10/h2,6H,1H3,(H,11,12). The summed E-state index contributed by atoms with van der Waals surface area (Å²) in [5, 5.41) is 0. The summed E-state index contributed by atoms with van der Waals surface area (Å²) >= 11 is 1.66. The molecule has 3 nitrogen and oxygen atoms in total. The second kappa shape index (κ2) is 4.03. The van der Waals surface area contributed by atoms with E-state index in [0.29, 0.717) is 0 Å². The molecule has 0 atom stereocenters. The lowest BCUT2D eigenvalue weighted by atomic mass is 10.3.